The van der Waals surface area contributed by atoms with Crippen LogP contribution in [0.3, 0.4) is 0 Å². The monoisotopic (exact) mass is 173 g/mol. The van der Waals surface area contributed by atoms with Crippen molar-refractivity contribution in [2.45, 2.75) is 5.09 Å². The number of hydrogen-bond donors (Lipinski definition) is 1. The van der Waals surface area contributed by atoms with Crippen molar-refractivity contribution in [3.05, 3.63) is 17.9 Å². The molecule has 0 bridgehead atoms. The number of esters is 1. The summed E-state index contributed by atoms with van der Waals surface area (Å²) in [6.45, 7) is 0. The molecule has 0 saturated heterocycles. The fourth-order valence-corrected chi connectivity index (χ4v) is 0.878. The van der Waals surface area contributed by atoms with Crippen LogP contribution in [-0.2, 0) is 4.74 Å². The number of methoxy groups -OCH3 is 1. The van der Waals surface area contributed by atoms with Crippen molar-refractivity contribution in [1.82, 2.24) is 0 Å². The number of rotatable bonds is 2. The van der Waals surface area contributed by atoms with Gasteiger partial charge in [0, 0.05) is 0 Å². The van der Waals surface area contributed by atoms with Crippen molar-refractivity contribution >= 4 is 17.9 Å². The fraction of sp³-hybridized carbons (Fsp3) is 0.167. The van der Waals surface area contributed by atoms with Crippen LogP contribution < -0.4 is 5.14 Å². The maximum atomic E-state index is 10.8. The minimum Gasteiger partial charge on any atom is -0.463 e. The molecule has 1 heterocycles. The second-order valence-corrected chi connectivity index (χ2v) is 2.37. The van der Waals surface area contributed by atoms with Crippen LogP contribution in [0.15, 0.2) is 21.6 Å². The van der Waals surface area contributed by atoms with Crippen molar-refractivity contribution < 1.29 is 13.9 Å². The summed E-state index contributed by atoms with van der Waals surface area (Å²) in [6.07, 6.45) is 0. The van der Waals surface area contributed by atoms with Gasteiger partial charge in [0.1, 0.15) is 0 Å². The summed E-state index contributed by atoms with van der Waals surface area (Å²) in [5.41, 5.74) is 0. The number of carbonyl (C=O) groups is 1. The molecule has 2 N–H and O–H groups in total. The largest absolute Gasteiger partial charge is 0.463 e. The van der Waals surface area contributed by atoms with Crippen molar-refractivity contribution in [3.8, 4) is 0 Å². The first kappa shape index (κ1) is 8.16. The lowest BCUT2D eigenvalue weighted by Gasteiger charge is -1.91. The second kappa shape index (κ2) is 3.45. The van der Waals surface area contributed by atoms with Gasteiger partial charge in [-0.2, -0.15) is 0 Å². The molecule has 0 atom stereocenters. The third-order valence-corrected chi connectivity index (χ3v) is 1.54. The quantitative estimate of drug-likeness (QED) is 0.534. The molecule has 1 aromatic rings. The summed E-state index contributed by atoms with van der Waals surface area (Å²) in [5, 5.41) is 5.67. The van der Waals surface area contributed by atoms with Crippen molar-refractivity contribution in [1.29, 1.82) is 0 Å². The van der Waals surface area contributed by atoms with Crippen LogP contribution in [0.1, 0.15) is 10.6 Å². The van der Waals surface area contributed by atoms with E-state index in [0.717, 1.165) is 11.9 Å². The Labute approximate surface area is 67.8 Å². The molecule has 1 aromatic heterocycles. The Morgan fingerprint density at radius 1 is 1.73 bits per heavy atom. The minimum atomic E-state index is -0.495. The predicted molar refractivity (Wildman–Crippen MR) is 40.1 cm³/mol. The molecule has 0 aromatic carbocycles. The van der Waals surface area contributed by atoms with E-state index in [9.17, 15) is 4.79 Å². The van der Waals surface area contributed by atoms with Gasteiger partial charge in [0.25, 0.3) is 0 Å². The standard InChI is InChI=1S/C6H7NO3S/c1-9-6(8)4-2-3-5(10-4)11-7/h2-3H,7H2,1H3. The third kappa shape index (κ3) is 1.75. The number of carbonyl (C=O) groups excluding carboxylic acids is 1. The second-order valence-electron chi connectivity index (χ2n) is 1.73. The van der Waals surface area contributed by atoms with E-state index < -0.39 is 5.97 Å². The summed E-state index contributed by atoms with van der Waals surface area (Å²) in [7, 11) is 1.29. The van der Waals surface area contributed by atoms with E-state index in [1.165, 1.54) is 13.2 Å². The van der Waals surface area contributed by atoms with Crippen LogP contribution in [0, 0.1) is 0 Å². The molecular weight excluding hydrogens is 166 g/mol. The lowest BCUT2D eigenvalue weighted by atomic mass is 10.5. The molecule has 0 saturated carbocycles. The molecule has 0 unspecified atom stereocenters. The van der Waals surface area contributed by atoms with Crippen molar-refractivity contribution in [3.63, 3.8) is 0 Å². The summed E-state index contributed by atoms with van der Waals surface area (Å²) in [4.78, 5) is 10.8. The normalized spacial score (nSPS) is 9.64. The van der Waals surface area contributed by atoms with Crippen LogP contribution in [0.4, 0.5) is 0 Å². The Kier molecular flexibility index (Phi) is 2.56. The van der Waals surface area contributed by atoms with E-state index in [2.05, 4.69) is 4.74 Å². The molecule has 0 aliphatic heterocycles. The maximum absolute atomic E-state index is 10.8. The van der Waals surface area contributed by atoms with E-state index in [1.807, 2.05) is 0 Å². The highest BCUT2D eigenvalue weighted by Crippen LogP contribution is 2.15. The molecule has 11 heavy (non-hydrogen) atoms. The third-order valence-electron chi connectivity index (χ3n) is 1.08. The molecular formula is C6H7NO3S. The van der Waals surface area contributed by atoms with Gasteiger partial charge in [0.15, 0.2) is 5.09 Å². The van der Waals surface area contributed by atoms with E-state index in [4.69, 9.17) is 9.56 Å². The van der Waals surface area contributed by atoms with Gasteiger partial charge in [-0.3, -0.25) is 5.14 Å². The van der Waals surface area contributed by atoms with Crippen LogP contribution in [-0.4, -0.2) is 13.1 Å². The Morgan fingerprint density at radius 2 is 2.45 bits per heavy atom. The maximum Gasteiger partial charge on any atom is 0.374 e. The van der Waals surface area contributed by atoms with Gasteiger partial charge in [-0.05, 0) is 24.1 Å². The molecule has 4 nitrogen and oxygen atoms in total. The van der Waals surface area contributed by atoms with E-state index >= 15 is 0 Å². The zero-order valence-corrected chi connectivity index (χ0v) is 6.68. The molecule has 0 aliphatic rings. The van der Waals surface area contributed by atoms with Crippen LogP contribution in [0.5, 0.6) is 0 Å². The zero-order valence-electron chi connectivity index (χ0n) is 5.87. The van der Waals surface area contributed by atoms with Crippen LogP contribution in [0.25, 0.3) is 0 Å². The van der Waals surface area contributed by atoms with Crippen LogP contribution >= 0.6 is 11.9 Å². The number of hydrogen-bond acceptors (Lipinski definition) is 5. The summed E-state index contributed by atoms with van der Waals surface area (Å²) >= 11 is 0.943. The molecule has 60 valence electrons. The first-order chi connectivity index (χ1) is 5.27. The highest BCUT2D eigenvalue weighted by molar-refractivity contribution is 7.96. The Morgan fingerprint density at radius 3 is 2.91 bits per heavy atom. The fourth-order valence-electron chi connectivity index (χ4n) is 0.594. The SMILES string of the molecule is COC(=O)c1ccc(SN)o1. The summed E-state index contributed by atoms with van der Waals surface area (Å²) in [5.74, 6) is -0.328. The van der Waals surface area contributed by atoms with Crippen LogP contribution in [0.2, 0.25) is 0 Å². The number of nitrogens with two attached hydrogens (primary N) is 1. The number of ether oxygens (including phenoxy) is 1. The first-order valence-electron chi connectivity index (χ1n) is 2.83. The Balaban J connectivity index is 2.80. The first-order valence-corrected chi connectivity index (χ1v) is 3.70. The lowest BCUT2D eigenvalue weighted by molar-refractivity contribution is 0.0559. The van der Waals surface area contributed by atoms with Gasteiger partial charge in [-0.15, -0.1) is 0 Å². The van der Waals surface area contributed by atoms with Gasteiger partial charge < -0.3 is 9.15 Å². The molecule has 1 rings (SSSR count). The van der Waals surface area contributed by atoms with Crippen molar-refractivity contribution in [2.24, 2.45) is 5.14 Å². The zero-order chi connectivity index (χ0) is 8.27. The number of furan rings is 1. The highest BCUT2D eigenvalue weighted by Gasteiger charge is 2.09. The molecule has 0 aliphatic carbocycles. The predicted octanol–water partition coefficient (Wildman–Crippen LogP) is 1.03. The molecule has 5 heteroatoms. The average molecular weight is 173 g/mol. The summed E-state index contributed by atoms with van der Waals surface area (Å²) in [6, 6.07) is 3.12. The molecule has 0 fully saturated rings. The topological polar surface area (TPSA) is 65.5 Å². The van der Waals surface area contributed by atoms with Gasteiger partial charge in [0.2, 0.25) is 5.76 Å². The Hall–Kier alpha value is -0.940. The van der Waals surface area contributed by atoms with Gasteiger partial charge in [-0.1, -0.05) is 0 Å². The van der Waals surface area contributed by atoms with Gasteiger partial charge >= 0.3 is 5.97 Å². The average Bonchev–Trinajstić information content (AvgIpc) is 2.50. The lowest BCUT2D eigenvalue weighted by Crippen LogP contribution is -1.98. The highest BCUT2D eigenvalue weighted by atomic mass is 32.2. The summed E-state index contributed by atoms with van der Waals surface area (Å²) < 4.78 is 9.36. The molecule has 0 spiro atoms. The Bertz CT molecular complexity index is 258. The van der Waals surface area contributed by atoms with Gasteiger partial charge in [-0.25, -0.2) is 4.79 Å². The van der Waals surface area contributed by atoms with Gasteiger partial charge in [0.05, 0.1) is 7.11 Å². The molecule has 0 radical (unpaired) electrons. The smallest absolute Gasteiger partial charge is 0.374 e. The van der Waals surface area contributed by atoms with E-state index in [0.29, 0.717) is 5.09 Å². The molecule has 0 amide bonds. The van der Waals surface area contributed by atoms with E-state index in [-0.39, 0.29) is 5.76 Å². The van der Waals surface area contributed by atoms with Crippen molar-refractivity contribution in [2.75, 3.05) is 7.11 Å². The minimum absolute atomic E-state index is 0.167. The van der Waals surface area contributed by atoms with E-state index in [1.54, 1.807) is 6.07 Å².